The summed E-state index contributed by atoms with van der Waals surface area (Å²) in [6.45, 7) is 0. The molecule has 0 bridgehead atoms. The van der Waals surface area contributed by atoms with E-state index in [0.29, 0.717) is 0 Å². The fourth-order valence-corrected chi connectivity index (χ4v) is 3.36. The van der Waals surface area contributed by atoms with Crippen LogP contribution < -0.4 is 11.1 Å². The zero-order chi connectivity index (χ0) is 12.8. The van der Waals surface area contributed by atoms with Crippen molar-refractivity contribution < 1.29 is 4.79 Å². The Balaban J connectivity index is 1.84. The molecule has 2 fully saturated rings. The van der Waals surface area contributed by atoms with Gasteiger partial charge in [0.2, 0.25) is 5.91 Å². The molecule has 0 aromatic carbocycles. The van der Waals surface area contributed by atoms with Crippen molar-refractivity contribution in [1.29, 1.82) is 0 Å². The van der Waals surface area contributed by atoms with Gasteiger partial charge in [-0.25, -0.2) is 0 Å². The van der Waals surface area contributed by atoms with Gasteiger partial charge in [0.15, 0.2) is 0 Å². The highest BCUT2D eigenvalue weighted by Gasteiger charge is 2.26. The summed E-state index contributed by atoms with van der Waals surface area (Å²) in [5, 5.41) is 3.24. The lowest BCUT2D eigenvalue weighted by Gasteiger charge is -2.25. The van der Waals surface area contributed by atoms with Crippen molar-refractivity contribution in [3.05, 3.63) is 0 Å². The van der Waals surface area contributed by atoms with E-state index in [1.807, 2.05) is 0 Å². The Morgan fingerprint density at radius 3 is 2.11 bits per heavy atom. The number of carbonyl (C=O) groups is 1. The molecule has 0 radical (unpaired) electrons. The summed E-state index contributed by atoms with van der Waals surface area (Å²) in [7, 11) is 0. The highest BCUT2D eigenvalue weighted by molar-refractivity contribution is 5.79. The molecule has 104 valence electrons. The topological polar surface area (TPSA) is 55.1 Å². The van der Waals surface area contributed by atoms with Crippen molar-refractivity contribution in [3.8, 4) is 0 Å². The molecular weight excluding hydrogens is 224 g/mol. The molecule has 0 aliphatic heterocycles. The van der Waals surface area contributed by atoms with Crippen LogP contribution in [0.3, 0.4) is 0 Å². The zero-order valence-electron chi connectivity index (χ0n) is 11.5. The molecule has 3 N–H and O–H groups in total. The molecule has 0 spiro atoms. The van der Waals surface area contributed by atoms with Crippen molar-refractivity contribution in [3.63, 3.8) is 0 Å². The average molecular weight is 252 g/mol. The van der Waals surface area contributed by atoms with Crippen LogP contribution >= 0.6 is 0 Å². The predicted octanol–water partition coefficient (Wildman–Crippen LogP) is 2.73. The van der Waals surface area contributed by atoms with Crippen molar-refractivity contribution in [2.75, 3.05) is 0 Å². The van der Waals surface area contributed by atoms with Crippen LogP contribution in [0, 0.1) is 5.92 Å². The van der Waals surface area contributed by atoms with Crippen molar-refractivity contribution in [2.24, 2.45) is 11.7 Å². The largest absolute Gasteiger partial charge is 0.352 e. The molecule has 0 aromatic heterocycles. The third-order valence-corrected chi connectivity index (χ3v) is 4.62. The van der Waals surface area contributed by atoms with Gasteiger partial charge in [-0.2, -0.15) is 0 Å². The van der Waals surface area contributed by atoms with Gasteiger partial charge >= 0.3 is 0 Å². The van der Waals surface area contributed by atoms with Crippen LogP contribution in [-0.4, -0.2) is 18.0 Å². The lowest BCUT2D eigenvalue weighted by atomic mass is 9.97. The van der Waals surface area contributed by atoms with Gasteiger partial charge in [-0.15, -0.1) is 0 Å². The van der Waals surface area contributed by atoms with Gasteiger partial charge in [0, 0.05) is 18.0 Å². The van der Waals surface area contributed by atoms with Gasteiger partial charge in [-0.1, -0.05) is 44.9 Å². The van der Waals surface area contributed by atoms with Gasteiger partial charge in [-0.05, 0) is 25.7 Å². The second-order valence-corrected chi connectivity index (χ2v) is 6.11. The SMILES string of the molecule is NC1CCCCCC1NC(=O)C1CCCCCC1. The molecule has 2 saturated carbocycles. The Bertz CT molecular complexity index is 259. The molecule has 3 heteroatoms. The van der Waals surface area contributed by atoms with Crippen molar-refractivity contribution in [1.82, 2.24) is 5.32 Å². The molecule has 2 atom stereocenters. The number of amides is 1. The Labute approximate surface area is 111 Å². The van der Waals surface area contributed by atoms with E-state index in [2.05, 4.69) is 5.32 Å². The molecule has 0 saturated heterocycles. The quantitative estimate of drug-likeness (QED) is 0.742. The van der Waals surface area contributed by atoms with Gasteiger partial charge in [-0.3, -0.25) is 4.79 Å². The van der Waals surface area contributed by atoms with Gasteiger partial charge in [0.05, 0.1) is 0 Å². The minimum atomic E-state index is 0.169. The lowest BCUT2D eigenvalue weighted by molar-refractivity contribution is -0.126. The van der Waals surface area contributed by atoms with E-state index in [-0.39, 0.29) is 23.9 Å². The highest BCUT2D eigenvalue weighted by atomic mass is 16.1. The van der Waals surface area contributed by atoms with Gasteiger partial charge in [0.1, 0.15) is 0 Å². The molecule has 2 aliphatic rings. The zero-order valence-corrected chi connectivity index (χ0v) is 11.5. The maximum atomic E-state index is 12.3. The van der Waals surface area contributed by atoms with Crippen LogP contribution in [-0.2, 0) is 4.79 Å². The summed E-state index contributed by atoms with van der Waals surface area (Å²) in [5.74, 6) is 0.530. The number of carbonyl (C=O) groups excluding carboxylic acids is 1. The van der Waals surface area contributed by atoms with E-state index >= 15 is 0 Å². The van der Waals surface area contributed by atoms with Crippen LogP contribution in [0.1, 0.15) is 70.6 Å². The second kappa shape index (κ2) is 7.13. The van der Waals surface area contributed by atoms with Crippen molar-refractivity contribution in [2.45, 2.75) is 82.7 Å². The Kier molecular flexibility index (Phi) is 5.48. The molecule has 2 unspecified atom stereocenters. The minimum absolute atomic E-state index is 0.169. The number of nitrogens with two attached hydrogens (primary N) is 1. The van der Waals surface area contributed by atoms with Crippen LogP contribution in [0.25, 0.3) is 0 Å². The maximum Gasteiger partial charge on any atom is 0.223 e. The van der Waals surface area contributed by atoms with E-state index in [1.54, 1.807) is 0 Å². The summed E-state index contributed by atoms with van der Waals surface area (Å²) in [6.07, 6.45) is 13.0. The number of hydrogen-bond acceptors (Lipinski definition) is 2. The van der Waals surface area contributed by atoms with Gasteiger partial charge in [0.25, 0.3) is 0 Å². The smallest absolute Gasteiger partial charge is 0.223 e. The maximum absolute atomic E-state index is 12.3. The summed E-state index contributed by atoms with van der Waals surface area (Å²) in [5.41, 5.74) is 6.17. The number of rotatable bonds is 2. The first-order chi connectivity index (χ1) is 8.77. The van der Waals surface area contributed by atoms with E-state index in [4.69, 9.17) is 5.73 Å². The van der Waals surface area contributed by atoms with E-state index in [0.717, 1.165) is 25.7 Å². The van der Waals surface area contributed by atoms with Crippen LogP contribution in [0.15, 0.2) is 0 Å². The normalized spacial score (nSPS) is 31.4. The lowest BCUT2D eigenvalue weighted by Crippen LogP contribution is -2.48. The van der Waals surface area contributed by atoms with E-state index in [9.17, 15) is 4.79 Å². The highest BCUT2D eigenvalue weighted by Crippen LogP contribution is 2.24. The Morgan fingerprint density at radius 2 is 1.39 bits per heavy atom. The molecule has 18 heavy (non-hydrogen) atoms. The molecule has 2 aliphatic carbocycles. The predicted molar refractivity (Wildman–Crippen MR) is 74.2 cm³/mol. The molecule has 0 heterocycles. The Morgan fingerprint density at radius 1 is 0.833 bits per heavy atom. The monoisotopic (exact) mass is 252 g/mol. The minimum Gasteiger partial charge on any atom is -0.352 e. The fourth-order valence-electron chi connectivity index (χ4n) is 3.36. The Hall–Kier alpha value is -0.570. The second-order valence-electron chi connectivity index (χ2n) is 6.11. The number of hydrogen-bond donors (Lipinski definition) is 2. The molecule has 2 rings (SSSR count). The first kappa shape index (κ1) is 13.9. The van der Waals surface area contributed by atoms with Crippen LogP contribution in [0.2, 0.25) is 0 Å². The molecular formula is C15H28N2O. The average Bonchev–Trinajstić information content (AvgIpc) is 2.73. The third-order valence-electron chi connectivity index (χ3n) is 4.62. The fraction of sp³-hybridized carbons (Fsp3) is 0.933. The summed E-state index contributed by atoms with van der Waals surface area (Å²) >= 11 is 0. The first-order valence-electron chi connectivity index (χ1n) is 7.83. The van der Waals surface area contributed by atoms with E-state index < -0.39 is 0 Å². The summed E-state index contributed by atoms with van der Waals surface area (Å²) < 4.78 is 0. The summed E-state index contributed by atoms with van der Waals surface area (Å²) in [6, 6.07) is 0.394. The standard InChI is InChI=1S/C15H28N2O/c16-13-10-6-3-7-11-14(13)17-15(18)12-8-4-1-2-5-9-12/h12-14H,1-11,16H2,(H,17,18). The third kappa shape index (κ3) is 3.98. The molecule has 0 aromatic rings. The van der Waals surface area contributed by atoms with Gasteiger partial charge < -0.3 is 11.1 Å². The van der Waals surface area contributed by atoms with E-state index in [1.165, 1.54) is 44.9 Å². The van der Waals surface area contributed by atoms with Crippen molar-refractivity contribution >= 4 is 5.91 Å². The molecule has 3 nitrogen and oxygen atoms in total. The molecule has 1 amide bonds. The number of nitrogens with one attached hydrogen (secondary N) is 1. The van der Waals surface area contributed by atoms with Crippen LogP contribution in [0.5, 0.6) is 0 Å². The van der Waals surface area contributed by atoms with Crippen LogP contribution in [0.4, 0.5) is 0 Å². The summed E-state index contributed by atoms with van der Waals surface area (Å²) in [4.78, 5) is 12.3. The first-order valence-corrected chi connectivity index (χ1v) is 7.83.